The van der Waals surface area contributed by atoms with E-state index in [9.17, 15) is 4.39 Å². The van der Waals surface area contributed by atoms with E-state index in [0.29, 0.717) is 6.54 Å². The van der Waals surface area contributed by atoms with Crippen LogP contribution in [0.5, 0.6) is 0 Å². The van der Waals surface area contributed by atoms with Gasteiger partial charge in [-0.2, -0.15) is 0 Å². The fourth-order valence-electron chi connectivity index (χ4n) is 4.71. The predicted molar refractivity (Wildman–Crippen MR) is 146 cm³/mol. The van der Waals surface area contributed by atoms with Crippen LogP contribution in [0.1, 0.15) is 44.2 Å². The largest absolute Gasteiger partial charge is 0.358 e. The van der Waals surface area contributed by atoms with Gasteiger partial charge in [0, 0.05) is 36.6 Å². The second-order valence-electron chi connectivity index (χ2n) is 9.41. The van der Waals surface area contributed by atoms with Gasteiger partial charge in [0.05, 0.1) is 12.4 Å². The third kappa shape index (κ3) is 6.24. The first-order valence-corrected chi connectivity index (χ1v) is 12.8. The van der Waals surface area contributed by atoms with Crippen LogP contribution in [0.2, 0.25) is 0 Å². The summed E-state index contributed by atoms with van der Waals surface area (Å²) in [5.74, 6) is 0.702. The lowest BCUT2D eigenvalue weighted by atomic mass is 10.1. The molecule has 2 aromatic rings. The number of anilines is 1. The van der Waals surface area contributed by atoms with Crippen molar-refractivity contribution in [3.63, 3.8) is 0 Å². The Morgan fingerprint density at radius 1 is 1.19 bits per heavy atom. The average Bonchev–Trinajstić information content (AvgIpc) is 2.88. The van der Waals surface area contributed by atoms with Crippen molar-refractivity contribution in [1.82, 2.24) is 10.2 Å². The zero-order valence-electron chi connectivity index (χ0n) is 21.6. The molecule has 4 rings (SSSR count). The molecule has 1 fully saturated rings. The van der Waals surface area contributed by atoms with Gasteiger partial charge in [-0.1, -0.05) is 56.0 Å². The van der Waals surface area contributed by atoms with Crippen LogP contribution in [0.15, 0.2) is 89.3 Å². The van der Waals surface area contributed by atoms with E-state index in [1.54, 1.807) is 18.5 Å². The molecule has 1 atom stereocenters. The number of aryl methyl sites for hydroxylation is 1. The van der Waals surface area contributed by atoms with Crippen molar-refractivity contribution in [2.75, 3.05) is 18.0 Å². The molecule has 0 spiro atoms. The van der Waals surface area contributed by atoms with Crippen LogP contribution in [-0.4, -0.2) is 36.7 Å². The molecule has 2 aliphatic heterocycles. The maximum Gasteiger partial charge on any atom is 0.177 e. The van der Waals surface area contributed by atoms with Crippen molar-refractivity contribution >= 4 is 12.0 Å². The molecule has 0 saturated carbocycles. The van der Waals surface area contributed by atoms with Crippen LogP contribution >= 0.6 is 0 Å². The molecule has 1 unspecified atom stereocenters. The highest BCUT2D eigenvalue weighted by Crippen LogP contribution is 2.30. The van der Waals surface area contributed by atoms with E-state index in [2.05, 4.69) is 71.7 Å². The summed E-state index contributed by atoms with van der Waals surface area (Å²) in [4.78, 5) is 9.07. The molecule has 0 aromatic heterocycles. The lowest BCUT2D eigenvalue weighted by Crippen LogP contribution is -2.43. The number of benzene rings is 2. The Morgan fingerprint density at radius 2 is 1.97 bits per heavy atom. The first kappa shape index (κ1) is 25.7. The van der Waals surface area contributed by atoms with E-state index in [0.717, 1.165) is 66.3 Å². The number of piperidine rings is 1. The zero-order valence-corrected chi connectivity index (χ0v) is 21.6. The third-order valence-corrected chi connectivity index (χ3v) is 6.80. The molecule has 5 nitrogen and oxygen atoms in total. The van der Waals surface area contributed by atoms with Crippen LogP contribution in [0, 0.1) is 12.7 Å². The molecule has 36 heavy (non-hydrogen) atoms. The van der Waals surface area contributed by atoms with Crippen LogP contribution in [0.4, 0.5) is 10.1 Å². The average molecular weight is 489 g/mol. The topological polar surface area (TPSA) is 40.1 Å². The van der Waals surface area contributed by atoms with Crippen molar-refractivity contribution in [2.24, 2.45) is 4.99 Å². The molecule has 2 aliphatic rings. The summed E-state index contributed by atoms with van der Waals surface area (Å²) in [6.07, 6.45) is 8.60. The Labute approximate surface area is 214 Å². The predicted octanol–water partition coefficient (Wildman–Crippen LogP) is 6.29. The van der Waals surface area contributed by atoms with Gasteiger partial charge in [0.2, 0.25) is 0 Å². The highest BCUT2D eigenvalue weighted by molar-refractivity contribution is 5.61. The van der Waals surface area contributed by atoms with Crippen LogP contribution < -0.4 is 10.2 Å². The molecular formula is C30H37FN4O. The molecule has 0 aliphatic carbocycles. The van der Waals surface area contributed by atoms with Gasteiger partial charge >= 0.3 is 0 Å². The van der Waals surface area contributed by atoms with E-state index in [1.807, 2.05) is 18.2 Å². The second kappa shape index (κ2) is 12.0. The minimum atomic E-state index is -0.273. The minimum absolute atomic E-state index is 0.127. The standard InChI is InChI=1S/C30H37FN4O/c1-5-6-13-28-23(3)32-21-33-30(28)36-27-15-17-34(18-16-27)24(4)35(29-14-8-7-10-22(29)2)20-25-11-9-12-26(31)19-25/h6-14,19,21,27,30H,4-5,15-18,20H2,1-3H3,(H,32,33)/b13-6-. The Balaban J connectivity index is 1.44. The van der Waals surface area contributed by atoms with Crippen molar-refractivity contribution < 1.29 is 9.13 Å². The molecule has 2 heterocycles. The van der Waals surface area contributed by atoms with Gasteiger partial charge in [-0.25, -0.2) is 9.38 Å². The Morgan fingerprint density at radius 3 is 2.69 bits per heavy atom. The van der Waals surface area contributed by atoms with Gasteiger partial charge in [0.25, 0.3) is 0 Å². The quantitative estimate of drug-likeness (QED) is 0.450. The monoisotopic (exact) mass is 488 g/mol. The van der Waals surface area contributed by atoms with Crippen molar-refractivity contribution in [3.05, 3.63) is 101 Å². The second-order valence-corrected chi connectivity index (χ2v) is 9.41. The molecule has 6 heteroatoms. The molecular weight excluding hydrogens is 451 g/mol. The fraction of sp³-hybridized carbons (Fsp3) is 0.367. The number of hydrogen-bond donors (Lipinski definition) is 1. The fourth-order valence-corrected chi connectivity index (χ4v) is 4.71. The highest BCUT2D eigenvalue weighted by Gasteiger charge is 2.28. The highest BCUT2D eigenvalue weighted by atomic mass is 19.1. The smallest absolute Gasteiger partial charge is 0.177 e. The van der Waals surface area contributed by atoms with Crippen LogP contribution in [0.3, 0.4) is 0 Å². The van der Waals surface area contributed by atoms with Crippen molar-refractivity contribution in [2.45, 2.75) is 58.9 Å². The van der Waals surface area contributed by atoms with Crippen LogP contribution in [-0.2, 0) is 11.3 Å². The summed E-state index contributed by atoms with van der Waals surface area (Å²) >= 11 is 0. The summed E-state index contributed by atoms with van der Waals surface area (Å²) in [5, 5.41) is 3.19. The SMILES string of the molecule is C=C(N1CCC(OC2N=CNC(C)=C2/C=C\CC)CC1)N(Cc1cccc(F)c1)c1ccccc1C. The van der Waals surface area contributed by atoms with Gasteiger partial charge in [0.1, 0.15) is 11.6 Å². The molecule has 0 bridgehead atoms. The molecule has 0 amide bonds. The maximum atomic E-state index is 13.9. The third-order valence-electron chi connectivity index (χ3n) is 6.80. The molecule has 2 aromatic carbocycles. The normalized spacial score (nSPS) is 18.6. The zero-order chi connectivity index (χ0) is 25.5. The molecule has 190 valence electrons. The van der Waals surface area contributed by atoms with Gasteiger partial charge in [-0.3, -0.25) is 0 Å². The lowest BCUT2D eigenvalue weighted by Gasteiger charge is -2.40. The van der Waals surface area contributed by atoms with Gasteiger partial charge < -0.3 is 19.9 Å². The summed E-state index contributed by atoms with van der Waals surface area (Å²) in [5.41, 5.74) is 5.33. The van der Waals surface area contributed by atoms with Gasteiger partial charge in [-0.05, 0) is 62.4 Å². The number of aliphatic imine (C=N–C) groups is 1. The summed E-state index contributed by atoms with van der Waals surface area (Å²) in [6.45, 7) is 13.0. The number of ether oxygens (including phenoxy) is 1. The number of rotatable bonds is 9. The number of likely N-dealkylation sites (tertiary alicyclic amines) is 1. The lowest BCUT2D eigenvalue weighted by molar-refractivity contribution is -0.0187. The number of allylic oxidation sites excluding steroid dienone is 2. The maximum absolute atomic E-state index is 13.9. The summed E-state index contributed by atoms with van der Waals surface area (Å²) < 4.78 is 20.4. The first-order valence-electron chi connectivity index (χ1n) is 12.8. The summed E-state index contributed by atoms with van der Waals surface area (Å²) in [7, 11) is 0. The molecule has 1 N–H and O–H groups in total. The summed E-state index contributed by atoms with van der Waals surface area (Å²) in [6, 6.07) is 15.1. The Kier molecular flexibility index (Phi) is 8.60. The molecule has 1 saturated heterocycles. The van der Waals surface area contributed by atoms with E-state index in [1.165, 1.54) is 6.07 Å². The number of halogens is 1. The van der Waals surface area contributed by atoms with Gasteiger partial charge in [0.15, 0.2) is 6.23 Å². The van der Waals surface area contributed by atoms with Gasteiger partial charge in [-0.15, -0.1) is 0 Å². The number of nitrogens with zero attached hydrogens (tertiary/aromatic N) is 3. The number of para-hydroxylation sites is 1. The first-order chi connectivity index (χ1) is 17.5. The Hall–Kier alpha value is -3.38. The van der Waals surface area contributed by atoms with Crippen molar-refractivity contribution in [3.8, 4) is 0 Å². The Bertz CT molecular complexity index is 1150. The minimum Gasteiger partial charge on any atom is -0.358 e. The van der Waals surface area contributed by atoms with Crippen LogP contribution in [0.25, 0.3) is 0 Å². The van der Waals surface area contributed by atoms with E-state index in [4.69, 9.17) is 4.74 Å². The number of nitrogens with one attached hydrogen (secondary N) is 1. The van der Waals surface area contributed by atoms with E-state index >= 15 is 0 Å². The molecule has 0 radical (unpaired) electrons. The van der Waals surface area contributed by atoms with E-state index in [-0.39, 0.29) is 18.1 Å². The van der Waals surface area contributed by atoms with E-state index < -0.39 is 0 Å². The van der Waals surface area contributed by atoms with Crippen molar-refractivity contribution in [1.29, 1.82) is 0 Å². The number of hydrogen-bond acceptors (Lipinski definition) is 5.